The molecule has 1 aliphatic rings. The van der Waals surface area contributed by atoms with Crippen molar-refractivity contribution in [1.29, 1.82) is 5.26 Å². The molecule has 3 nitrogen and oxygen atoms in total. The van der Waals surface area contributed by atoms with Crippen LogP contribution in [-0.4, -0.2) is 9.55 Å². The van der Waals surface area contributed by atoms with E-state index >= 15 is 0 Å². The van der Waals surface area contributed by atoms with Gasteiger partial charge < -0.3 is 4.57 Å². The highest BCUT2D eigenvalue weighted by molar-refractivity contribution is 5.61. The Bertz CT molecular complexity index is 559. The lowest BCUT2D eigenvalue weighted by Crippen LogP contribution is -1.94. The van der Waals surface area contributed by atoms with E-state index < -0.39 is 0 Å². The van der Waals surface area contributed by atoms with E-state index in [2.05, 4.69) is 15.6 Å². The van der Waals surface area contributed by atoms with Gasteiger partial charge in [0.05, 0.1) is 29.9 Å². The second-order valence-corrected chi connectivity index (χ2v) is 4.11. The molecule has 0 unspecified atom stereocenters. The first-order valence-electron chi connectivity index (χ1n) is 5.41. The lowest BCUT2D eigenvalue weighted by Gasteiger charge is -2.06. The predicted molar refractivity (Wildman–Crippen MR) is 60.6 cm³/mol. The molecule has 2 aromatic rings. The van der Waals surface area contributed by atoms with Crippen LogP contribution in [0.1, 0.15) is 24.4 Å². The van der Waals surface area contributed by atoms with Crippen LogP contribution in [0.15, 0.2) is 36.8 Å². The van der Waals surface area contributed by atoms with Crippen molar-refractivity contribution in [2.45, 2.75) is 18.9 Å². The number of benzene rings is 1. The summed E-state index contributed by atoms with van der Waals surface area (Å²) in [4.78, 5) is 4.20. The van der Waals surface area contributed by atoms with Crippen molar-refractivity contribution < 1.29 is 0 Å². The third kappa shape index (κ3) is 1.49. The first-order chi connectivity index (χ1) is 7.88. The van der Waals surface area contributed by atoms with Crippen molar-refractivity contribution in [2.24, 2.45) is 0 Å². The third-order valence-corrected chi connectivity index (χ3v) is 2.89. The fraction of sp³-hybridized carbons (Fsp3) is 0.231. The van der Waals surface area contributed by atoms with E-state index in [0.29, 0.717) is 11.6 Å². The van der Waals surface area contributed by atoms with Crippen molar-refractivity contribution in [3.05, 3.63) is 42.4 Å². The second kappa shape index (κ2) is 3.49. The number of rotatable bonds is 2. The minimum absolute atomic E-state index is 0.614. The number of hydrogen-bond donors (Lipinski definition) is 0. The Hall–Kier alpha value is -2.08. The van der Waals surface area contributed by atoms with Crippen LogP contribution < -0.4 is 0 Å². The van der Waals surface area contributed by atoms with Gasteiger partial charge in [-0.1, -0.05) is 12.1 Å². The Balaban J connectivity index is 2.07. The molecular formula is C13H11N3. The Labute approximate surface area is 94.0 Å². The van der Waals surface area contributed by atoms with Crippen LogP contribution in [0.5, 0.6) is 0 Å². The van der Waals surface area contributed by atoms with Gasteiger partial charge in [0, 0.05) is 11.6 Å². The highest BCUT2D eigenvalue weighted by Crippen LogP contribution is 2.38. The van der Waals surface area contributed by atoms with Gasteiger partial charge in [-0.05, 0) is 25.0 Å². The fourth-order valence-electron chi connectivity index (χ4n) is 1.92. The molecule has 0 aliphatic heterocycles. The van der Waals surface area contributed by atoms with Crippen LogP contribution in [0.25, 0.3) is 11.3 Å². The van der Waals surface area contributed by atoms with Crippen LogP contribution in [0.4, 0.5) is 0 Å². The van der Waals surface area contributed by atoms with Crippen molar-refractivity contribution in [1.82, 2.24) is 9.55 Å². The van der Waals surface area contributed by atoms with Gasteiger partial charge in [-0.15, -0.1) is 0 Å². The summed E-state index contributed by atoms with van der Waals surface area (Å²) in [5.41, 5.74) is 2.88. The maximum absolute atomic E-state index is 8.88. The average Bonchev–Trinajstić information content (AvgIpc) is 3.07. The monoisotopic (exact) mass is 209 g/mol. The van der Waals surface area contributed by atoms with Gasteiger partial charge >= 0.3 is 0 Å². The quantitative estimate of drug-likeness (QED) is 0.763. The molecule has 1 aromatic carbocycles. The molecule has 0 atom stereocenters. The highest BCUT2D eigenvalue weighted by atomic mass is 15.1. The second-order valence-electron chi connectivity index (χ2n) is 4.11. The molecule has 3 heteroatoms. The minimum atomic E-state index is 0.614. The standard InChI is InChI=1S/C13H11N3/c14-7-10-2-1-3-11(6-10)13-8-15-9-16(13)12-4-5-12/h1-3,6,8-9,12H,4-5H2. The summed E-state index contributed by atoms with van der Waals surface area (Å²) in [6.45, 7) is 0. The minimum Gasteiger partial charge on any atom is -0.328 e. The molecule has 0 radical (unpaired) electrons. The normalized spacial score (nSPS) is 14.7. The Morgan fingerprint density at radius 1 is 1.38 bits per heavy atom. The SMILES string of the molecule is N#Cc1cccc(-c2cncn2C2CC2)c1. The van der Waals surface area contributed by atoms with Gasteiger partial charge in [-0.2, -0.15) is 5.26 Å². The van der Waals surface area contributed by atoms with Crippen LogP contribution in [0.2, 0.25) is 0 Å². The molecule has 0 bridgehead atoms. The summed E-state index contributed by atoms with van der Waals surface area (Å²) >= 11 is 0. The molecule has 78 valence electrons. The molecule has 1 aromatic heterocycles. The summed E-state index contributed by atoms with van der Waals surface area (Å²) in [6.07, 6.45) is 6.23. The maximum atomic E-state index is 8.88. The van der Waals surface area contributed by atoms with Gasteiger partial charge in [0.25, 0.3) is 0 Å². The maximum Gasteiger partial charge on any atom is 0.0991 e. The zero-order valence-corrected chi connectivity index (χ0v) is 8.80. The van der Waals surface area contributed by atoms with Crippen LogP contribution in [-0.2, 0) is 0 Å². The Morgan fingerprint density at radius 2 is 2.25 bits per heavy atom. The van der Waals surface area contributed by atoms with Crippen LogP contribution in [0.3, 0.4) is 0 Å². The van der Waals surface area contributed by atoms with Gasteiger partial charge in [-0.25, -0.2) is 4.98 Å². The molecule has 0 spiro atoms. The summed E-state index contributed by atoms with van der Waals surface area (Å²) in [5, 5.41) is 8.88. The first kappa shape index (κ1) is 9.17. The first-order valence-corrected chi connectivity index (χ1v) is 5.41. The molecule has 0 amide bonds. The molecule has 0 saturated heterocycles. The van der Waals surface area contributed by atoms with Gasteiger partial charge in [0.15, 0.2) is 0 Å². The van der Waals surface area contributed by atoms with Crippen molar-refractivity contribution in [3.63, 3.8) is 0 Å². The van der Waals surface area contributed by atoms with E-state index in [1.807, 2.05) is 36.8 Å². The van der Waals surface area contributed by atoms with E-state index in [4.69, 9.17) is 5.26 Å². The number of nitrogens with zero attached hydrogens (tertiary/aromatic N) is 3. The molecule has 16 heavy (non-hydrogen) atoms. The van der Waals surface area contributed by atoms with Gasteiger partial charge in [0.2, 0.25) is 0 Å². The molecular weight excluding hydrogens is 198 g/mol. The van der Waals surface area contributed by atoms with E-state index in [1.54, 1.807) is 0 Å². The number of aromatic nitrogens is 2. The molecule has 0 N–H and O–H groups in total. The average molecular weight is 209 g/mol. The van der Waals surface area contributed by atoms with E-state index in [1.165, 1.54) is 12.8 Å². The number of hydrogen-bond acceptors (Lipinski definition) is 2. The smallest absolute Gasteiger partial charge is 0.0991 e. The molecule has 1 heterocycles. The van der Waals surface area contributed by atoms with E-state index in [0.717, 1.165) is 11.3 Å². The zero-order chi connectivity index (χ0) is 11.0. The van der Waals surface area contributed by atoms with Crippen LogP contribution >= 0.6 is 0 Å². The van der Waals surface area contributed by atoms with Crippen molar-refractivity contribution >= 4 is 0 Å². The lowest BCUT2D eigenvalue weighted by atomic mass is 10.1. The van der Waals surface area contributed by atoms with Crippen molar-refractivity contribution in [2.75, 3.05) is 0 Å². The summed E-state index contributed by atoms with van der Waals surface area (Å²) in [5.74, 6) is 0. The summed E-state index contributed by atoms with van der Waals surface area (Å²) in [7, 11) is 0. The van der Waals surface area contributed by atoms with Crippen LogP contribution in [0, 0.1) is 11.3 Å². The molecule has 1 saturated carbocycles. The fourth-order valence-corrected chi connectivity index (χ4v) is 1.92. The zero-order valence-electron chi connectivity index (χ0n) is 8.80. The number of nitriles is 1. The topological polar surface area (TPSA) is 41.6 Å². The Kier molecular flexibility index (Phi) is 2.00. The molecule has 1 aliphatic carbocycles. The Morgan fingerprint density at radius 3 is 3.00 bits per heavy atom. The lowest BCUT2D eigenvalue weighted by molar-refractivity contribution is 0.748. The molecule has 1 fully saturated rings. The third-order valence-electron chi connectivity index (χ3n) is 2.89. The summed E-state index contributed by atoms with van der Waals surface area (Å²) < 4.78 is 2.20. The van der Waals surface area contributed by atoms with E-state index in [-0.39, 0.29) is 0 Å². The highest BCUT2D eigenvalue weighted by Gasteiger charge is 2.25. The van der Waals surface area contributed by atoms with Gasteiger partial charge in [0.1, 0.15) is 0 Å². The molecule has 3 rings (SSSR count). The summed E-state index contributed by atoms with van der Waals surface area (Å²) in [6, 6.07) is 10.5. The van der Waals surface area contributed by atoms with Crippen molar-refractivity contribution in [3.8, 4) is 17.3 Å². The number of imidazole rings is 1. The largest absolute Gasteiger partial charge is 0.328 e. The van der Waals surface area contributed by atoms with E-state index in [9.17, 15) is 0 Å². The predicted octanol–water partition coefficient (Wildman–Crippen LogP) is 2.76. The van der Waals surface area contributed by atoms with Gasteiger partial charge in [-0.3, -0.25) is 0 Å².